The molecule has 5 heterocycles. The fourth-order valence-electron chi connectivity index (χ4n) is 8.53. The lowest BCUT2D eigenvalue weighted by atomic mass is 10.1. The van der Waals surface area contributed by atoms with Gasteiger partial charge in [-0.2, -0.15) is 14.6 Å². The van der Waals surface area contributed by atoms with Crippen molar-refractivity contribution in [3.8, 4) is 34.4 Å². The highest BCUT2D eigenvalue weighted by molar-refractivity contribution is 6.13. The maximum atomic E-state index is 15.4. The number of nitrogen functional groups attached to an aromatic ring is 1. The summed E-state index contributed by atoms with van der Waals surface area (Å²) >= 11 is 0. The van der Waals surface area contributed by atoms with Gasteiger partial charge in [0.25, 0.3) is 0 Å². The molecule has 0 aliphatic carbocycles. The number of morpholine rings is 1. The predicted molar refractivity (Wildman–Crippen MR) is 260 cm³/mol. The van der Waals surface area contributed by atoms with Gasteiger partial charge in [-0.3, -0.25) is 14.5 Å². The molecule has 1 fully saturated rings. The molecule has 5 N–H and O–H groups in total. The SMILES string of the molecule is Cc1c(-n2ncc(C(=O)c3nc4ccccc4[nH]3)c2N)ccc(Oc2cccc(F)c2F)c1Nc1c(C(=O)c2cc3ccc(CN4CCOCC4)cc3[nH]2)cnn1-c1ccc(Oc2ccccc2)cc1. The van der Waals surface area contributed by atoms with Crippen molar-refractivity contribution in [2.45, 2.75) is 13.5 Å². The van der Waals surface area contributed by atoms with Gasteiger partial charge in [0, 0.05) is 36.1 Å². The molecule has 10 aromatic rings. The molecule has 11 rings (SSSR count). The first-order valence-electron chi connectivity index (χ1n) is 22.4. The monoisotopic (exact) mass is 936 g/mol. The van der Waals surface area contributed by atoms with Crippen LogP contribution < -0.4 is 20.5 Å². The van der Waals surface area contributed by atoms with Crippen molar-refractivity contribution in [3.05, 3.63) is 191 Å². The number of hydrogen-bond donors (Lipinski definition) is 4. The number of aromatic nitrogens is 7. The van der Waals surface area contributed by atoms with Crippen molar-refractivity contribution in [1.82, 2.24) is 39.4 Å². The van der Waals surface area contributed by atoms with Gasteiger partial charge in [-0.25, -0.2) is 18.7 Å². The first-order chi connectivity index (χ1) is 34.1. The number of carbonyl (C=O) groups excluding carboxylic acids is 2. The number of hydrogen-bond acceptors (Lipinski definition) is 11. The van der Waals surface area contributed by atoms with Crippen molar-refractivity contribution in [2.24, 2.45) is 0 Å². The van der Waals surface area contributed by atoms with Crippen LogP contribution in [0.15, 0.2) is 146 Å². The van der Waals surface area contributed by atoms with E-state index in [4.69, 9.17) is 25.0 Å². The summed E-state index contributed by atoms with van der Waals surface area (Å²) in [6, 6.07) is 38.4. The number of imidazole rings is 1. The normalized spacial score (nSPS) is 13.0. The van der Waals surface area contributed by atoms with Gasteiger partial charge < -0.3 is 35.2 Å². The third-order valence-electron chi connectivity index (χ3n) is 12.2. The van der Waals surface area contributed by atoms with Gasteiger partial charge in [-0.1, -0.05) is 48.5 Å². The molecule has 70 heavy (non-hydrogen) atoms. The van der Waals surface area contributed by atoms with Gasteiger partial charge in [0.1, 0.15) is 23.1 Å². The van der Waals surface area contributed by atoms with Crippen molar-refractivity contribution >= 4 is 50.8 Å². The van der Waals surface area contributed by atoms with Crippen LogP contribution in [0, 0.1) is 18.6 Å². The van der Waals surface area contributed by atoms with Crippen molar-refractivity contribution in [2.75, 3.05) is 37.4 Å². The molecule has 15 nitrogen and oxygen atoms in total. The number of nitrogens with zero attached hydrogens (tertiary/aromatic N) is 6. The Labute approximate surface area is 398 Å². The third-order valence-corrected chi connectivity index (χ3v) is 12.2. The van der Waals surface area contributed by atoms with Crippen LogP contribution in [0.3, 0.4) is 0 Å². The number of nitrogens with one attached hydrogen (secondary N) is 3. The van der Waals surface area contributed by atoms with Crippen LogP contribution in [-0.4, -0.2) is 77.3 Å². The molecule has 6 aromatic carbocycles. The smallest absolute Gasteiger partial charge is 0.233 e. The zero-order valence-electron chi connectivity index (χ0n) is 37.4. The topological polar surface area (TPSA) is 183 Å². The summed E-state index contributed by atoms with van der Waals surface area (Å²) in [5, 5.41) is 13.5. The first-order valence-corrected chi connectivity index (χ1v) is 22.4. The van der Waals surface area contributed by atoms with E-state index in [-0.39, 0.29) is 45.8 Å². The quantitative estimate of drug-likeness (QED) is 0.0761. The largest absolute Gasteiger partial charge is 0.457 e. The molecule has 348 valence electrons. The first kappa shape index (κ1) is 43.6. The van der Waals surface area contributed by atoms with Crippen LogP contribution in [0.2, 0.25) is 0 Å². The molecule has 0 atom stereocenters. The number of fused-ring (bicyclic) bond motifs is 2. The van der Waals surface area contributed by atoms with E-state index in [0.717, 1.165) is 42.2 Å². The molecule has 0 bridgehead atoms. The Bertz CT molecular complexity index is 3560. The van der Waals surface area contributed by atoms with Gasteiger partial charge >= 0.3 is 0 Å². The molecular formula is C53H42F2N10O5. The minimum absolute atomic E-state index is 0.00924. The Morgan fingerprint density at radius 1 is 0.743 bits per heavy atom. The second-order valence-corrected chi connectivity index (χ2v) is 16.7. The van der Waals surface area contributed by atoms with Gasteiger partial charge in [0.05, 0.1) is 70.5 Å². The van der Waals surface area contributed by atoms with E-state index in [2.05, 4.69) is 36.3 Å². The minimum Gasteiger partial charge on any atom is -0.457 e. The molecule has 0 unspecified atom stereocenters. The van der Waals surface area contributed by atoms with Crippen molar-refractivity contribution in [3.63, 3.8) is 0 Å². The number of ether oxygens (including phenoxy) is 3. The number of anilines is 3. The Balaban J connectivity index is 1.01. The summed E-state index contributed by atoms with van der Waals surface area (Å²) < 4.78 is 50.7. The number of nitrogens with two attached hydrogens (primary N) is 1. The van der Waals surface area contributed by atoms with E-state index in [1.807, 2.05) is 60.7 Å². The maximum absolute atomic E-state index is 15.4. The molecule has 1 aliphatic heterocycles. The highest BCUT2D eigenvalue weighted by atomic mass is 19.2. The minimum atomic E-state index is -1.20. The summed E-state index contributed by atoms with van der Waals surface area (Å²) in [5.41, 5.74) is 12.0. The van der Waals surface area contributed by atoms with Crippen LogP contribution in [0.5, 0.6) is 23.0 Å². The number of rotatable bonds is 14. The Morgan fingerprint density at radius 3 is 2.31 bits per heavy atom. The van der Waals surface area contributed by atoms with E-state index < -0.39 is 23.2 Å². The average Bonchev–Trinajstić information content (AvgIpc) is 4.20. The summed E-state index contributed by atoms with van der Waals surface area (Å²) in [5.74, 6) is -2.01. The number of ketones is 2. The molecule has 17 heteroatoms. The van der Waals surface area contributed by atoms with Crippen LogP contribution in [0.1, 0.15) is 43.4 Å². The Morgan fingerprint density at radius 2 is 1.50 bits per heavy atom. The van der Waals surface area contributed by atoms with E-state index in [9.17, 15) is 14.0 Å². The van der Waals surface area contributed by atoms with Crippen molar-refractivity contribution < 1.29 is 32.6 Å². The zero-order valence-corrected chi connectivity index (χ0v) is 37.4. The van der Waals surface area contributed by atoms with Crippen LogP contribution in [0.25, 0.3) is 33.3 Å². The highest BCUT2D eigenvalue weighted by Gasteiger charge is 2.27. The van der Waals surface area contributed by atoms with E-state index in [1.54, 1.807) is 54.1 Å². The van der Waals surface area contributed by atoms with Gasteiger partial charge in [0.2, 0.25) is 17.4 Å². The molecule has 0 amide bonds. The predicted octanol–water partition coefficient (Wildman–Crippen LogP) is 10.2. The lowest BCUT2D eigenvalue weighted by Gasteiger charge is -2.26. The second kappa shape index (κ2) is 18.3. The second-order valence-electron chi connectivity index (χ2n) is 16.7. The standard InChI is InChI=1S/C53H42F2N10O5/c1-31-44(65-51(56)37(28-58-65)50(67)52-60-40-11-5-6-12-41(40)61-52)20-21-46(70-45-13-7-10-39(54)47(45)55)48(31)62-53-38(29-57-64(53)34-16-18-36(19-17-34)69-35-8-3-2-4-9-35)49(66)43-27-33-15-14-32(26-42(33)59-43)30-63-22-24-68-25-23-63/h2-21,26-29,59,62H,22-25,30,56H2,1H3,(H,60,61). The summed E-state index contributed by atoms with van der Waals surface area (Å²) in [4.78, 5) is 41.9. The molecule has 4 aromatic heterocycles. The fourth-order valence-corrected chi connectivity index (χ4v) is 8.53. The van der Waals surface area contributed by atoms with Crippen LogP contribution >= 0.6 is 0 Å². The van der Waals surface area contributed by atoms with E-state index in [1.165, 1.54) is 35.3 Å². The maximum Gasteiger partial charge on any atom is 0.233 e. The highest BCUT2D eigenvalue weighted by Crippen LogP contribution is 2.41. The lowest BCUT2D eigenvalue weighted by Crippen LogP contribution is -2.35. The van der Waals surface area contributed by atoms with Crippen LogP contribution in [0.4, 0.5) is 26.1 Å². The lowest BCUT2D eigenvalue weighted by molar-refractivity contribution is 0.0342. The number of benzene rings is 6. The average molecular weight is 937 g/mol. The number of aromatic amines is 2. The number of carbonyl (C=O) groups is 2. The zero-order chi connectivity index (χ0) is 47.9. The molecular weight excluding hydrogens is 895 g/mol. The van der Waals surface area contributed by atoms with E-state index >= 15 is 4.39 Å². The fraction of sp³-hybridized carbons (Fsp3) is 0.113. The molecule has 0 radical (unpaired) electrons. The molecule has 0 spiro atoms. The van der Waals surface area contributed by atoms with E-state index in [0.29, 0.717) is 58.4 Å². The van der Waals surface area contributed by atoms with Crippen LogP contribution in [-0.2, 0) is 11.3 Å². The molecule has 0 saturated carbocycles. The van der Waals surface area contributed by atoms with Gasteiger partial charge in [0.15, 0.2) is 23.1 Å². The summed E-state index contributed by atoms with van der Waals surface area (Å²) in [6.45, 7) is 5.51. The Hall–Kier alpha value is -8.93. The molecule has 1 saturated heterocycles. The summed E-state index contributed by atoms with van der Waals surface area (Å²) in [6.07, 6.45) is 2.81. The number of para-hydroxylation sites is 3. The summed E-state index contributed by atoms with van der Waals surface area (Å²) in [7, 11) is 0. The number of halogens is 2. The number of H-pyrrole nitrogens is 2. The molecule has 1 aliphatic rings. The van der Waals surface area contributed by atoms with Crippen molar-refractivity contribution in [1.29, 1.82) is 0 Å². The van der Waals surface area contributed by atoms with Gasteiger partial charge in [-0.15, -0.1) is 0 Å². The third kappa shape index (κ3) is 8.39. The van der Waals surface area contributed by atoms with Gasteiger partial charge in [-0.05, 0) is 97.4 Å². The Kier molecular flexibility index (Phi) is 11.4.